The van der Waals surface area contributed by atoms with E-state index in [1.54, 1.807) is 0 Å². The Kier molecular flexibility index (Phi) is 5.46. The maximum absolute atomic E-state index is 12.4. The van der Waals surface area contributed by atoms with Gasteiger partial charge in [0.15, 0.2) is 0 Å². The molecule has 0 bridgehead atoms. The largest absolute Gasteiger partial charge is 0.489 e. The Hall–Kier alpha value is -1.94. The van der Waals surface area contributed by atoms with Gasteiger partial charge >= 0.3 is 0 Å². The van der Waals surface area contributed by atoms with Crippen molar-refractivity contribution in [2.75, 3.05) is 12.3 Å². The molecule has 2 aromatic rings. The highest BCUT2D eigenvalue weighted by Crippen LogP contribution is 2.39. The molecule has 0 radical (unpaired) electrons. The summed E-state index contributed by atoms with van der Waals surface area (Å²) < 4.78 is 5.92. The van der Waals surface area contributed by atoms with E-state index in [1.807, 2.05) is 60.8 Å². The molecule has 3 rings (SSSR count). The van der Waals surface area contributed by atoms with Gasteiger partial charge in [-0.1, -0.05) is 56.3 Å². The normalized spacial score (nSPS) is 17.3. The fraction of sp³-hybridized carbons (Fsp3) is 0.350. The minimum atomic E-state index is 0.0312. The lowest BCUT2D eigenvalue weighted by Crippen LogP contribution is -2.33. The van der Waals surface area contributed by atoms with Crippen molar-refractivity contribution in [2.24, 2.45) is 5.92 Å². The lowest BCUT2D eigenvalue weighted by molar-refractivity contribution is -0.134. The summed E-state index contributed by atoms with van der Waals surface area (Å²) in [5.74, 6) is 2.09. The molecule has 4 heteroatoms. The summed E-state index contributed by atoms with van der Waals surface area (Å²) in [5, 5.41) is 0.0974. The molecule has 126 valence electrons. The Balaban J connectivity index is 1.71. The van der Waals surface area contributed by atoms with Crippen molar-refractivity contribution in [1.82, 2.24) is 4.90 Å². The van der Waals surface area contributed by atoms with Gasteiger partial charge in [-0.3, -0.25) is 4.79 Å². The van der Waals surface area contributed by atoms with Crippen LogP contribution in [0.1, 0.15) is 30.3 Å². The Morgan fingerprint density at radius 1 is 1.21 bits per heavy atom. The molecule has 0 unspecified atom stereocenters. The number of benzene rings is 2. The maximum Gasteiger partial charge on any atom is 0.226 e. The summed E-state index contributed by atoms with van der Waals surface area (Å²) in [4.78, 5) is 14.4. The fourth-order valence-corrected chi connectivity index (χ4v) is 4.06. The second kappa shape index (κ2) is 7.75. The van der Waals surface area contributed by atoms with E-state index < -0.39 is 0 Å². The molecule has 1 heterocycles. The van der Waals surface area contributed by atoms with Crippen LogP contribution in [0.3, 0.4) is 0 Å². The molecule has 1 saturated heterocycles. The van der Waals surface area contributed by atoms with Crippen molar-refractivity contribution in [2.45, 2.75) is 25.8 Å². The summed E-state index contributed by atoms with van der Waals surface area (Å²) in [6, 6.07) is 18.3. The van der Waals surface area contributed by atoms with E-state index in [0.717, 1.165) is 29.2 Å². The second-order valence-electron chi connectivity index (χ2n) is 6.26. The van der Waals surface area contributed by atoms with E-state index in [4.69, 9.17) is 4.74 Å². The highest BCUT2D eigenvalue weighted by Gasteiger charge is 2.31. The smallest absolute Gasteiger partial charge is 0.226 e. The average molecular weight is 341 g/mol. The van der Waals surface area contributed by atoms with E-state index in [0.29, 0.717) is 6.61 Å². The average Bonchev–Trinajstić information content (AvgIpc) is 3.10. The molecule has 0 saturated carbocycles. The molecule has 1 atom stereocenters. The monoisotopic (exact) mass is 341 g/mol. The second-order valence-corrected chi connectivity index (χ2v) is 7.44. The molecule has 0 aromatic heterocycles. The third-order valence-corrected chi connectivity index (χ3v) is 5.32. The van der Waals surface area contributed by atoms with Gasteiger partial charge in [0.2, 0.25) is 5.91 Å². The van der Waals surface area contributed by atoms with E-state index >= 15 is 0 Å². The van der Waals surface area contributed by atoms with Crippen LogP contribution in [0.2, 0.25) is 0 Å². The number of amides is 1. The third-order valence-electron chi connectivity index (χ3n) is 4.06. The predicted octanol–water partition coefficient (Wildman–Crippen LogP) is 4.50. The summed E-state index contributed by atoms with van der Waals surface area (Å²) in [6.07, 6.45) is 0. The molecule has 1 aliphatic rings. The fourth-order valence-electron chi connectivity index (χ4n) is 2.80. The van der Waals surface area contributed by atoms with Crippen LogP contribution in [0.4, 0.5) is 0 Å². The van der Waals surface area contributed by atoms with Gasteiger partial charge in [-0.2, -0.15) is 0 Å². The van der Waals surface area contributed by atoms with Gasteiger partial charge in [-0.05, 0) is 23.3 Å². The number of carbonyl (C=O) groups is 1. The standard InChI is InChI=1S/C20H23NO2S/c1-15(2)19(22)21-11-12-24-20(21)17-9-6-10-18(13-17)23-14-16-7-4-3-5-8-16/h3-10,13,15,20H,11-12,14H2,1-2H3/t20-/m1/s1. The van der Waals surface area contributed by atoms with Gasteiger partial charge in [0, 0.05) is 18.2 Å². The maximum atomic E-state index is 12.4. The number of carbonyl (C=O) groups excluding carboxylic acids is 1. The molecule has 0 N–H and O–H groups in total. The zero-order chi connectivity index (χ0) is 16.9. The van der Waals surface area contributed by atoms with Crippen molar-refractivity contribution in [3.8, 4) is 5.75 Å². The molecule has 1 aliphatic heterocycles. The van der Waals surface area contributed by atoms with Gasteiger partial charge in [-0.25, -0.2) is 0 Å². The summed E-state index contributed by atoms with van der Waals surface area (Å²) >= 11 is 1.82. The Labute approximate surface area is 148 Å². The lowest BCUT2D eigenvalue weighted by Gasteiger charge is -2.26. The molecular weight excluding hydrogens is 318 g/mol. The first-order valence-electron chi connectivity index (χ1n) is 8.34. The molecule has 0 aliphatic carbocycles. The van der Waals surface area contributed by atoms with Crippen LogP contribution in [0.25, 0.3) is 0 Å². The SMILES string of the molecule is CC(C)C(=O)N1CCS[C@@H]1c1cccc(OCc2ccccc2)c1. The first-order valence-corrected chi connectivity index (χ1v) is 9.39. The summed E-state index contributed by atoms with van der Waals surface area (Å²) in [7, 11) is 0. The number of ether oxygens (including phenoxy) is 1. The zero-order valence-corrected chi connectivity index (χ0v) is 15.0. The number of rotatable bonds is 5. The number of nitrogens with zero attached hydrogens (tertiary/aromatic N) is 1. The highest BCUT2D eigenvalue weighted by molar-refractivity contribution is 7.99. The summed E-state index contributed by atoms with van der Waals surface area (Å²) in [5.41, 5.74) is 2.28. The molecule has 2 aromatic carbocycles. The van der Waals surface area contributed by atoms with Gasteiger partial charge < -0.3 is 9.64 Å². The Morgan fingerprint density at radius 3 is 2.75 bits per heavy atom. The van der Waals surface area contributed by atoms with E-state index in [-0.39, 0.29) is 17.2 Å². The number of thioether (sulfide) groups is 1. The Morgan fingerprint density at radius 2 is 2.00 bits per heavy atom. The minimum Gasteiger partial charge on any atom is -0.489 e. The topological polar surface area (TPSA) is 29.5 Å². The van der Waals surface area contributed by atoms with Gasteiger partial charge in [0.05, 0.1) is 0 Å². The van der Waals surface area contributed by atoms with Crippen molar-refractivity contribution in [3.05, 3.63) is 65.7 Å². The van der Waals surface area contributed by atoms with Crippen molar-refractivity contribution in [1.29, 1.82) is 0 Å². The molecule has 0 spiro atoms. The van der Waals surface area contributed by atoms with Crippen LogP contribution in [0.5, 0.6) is 5.75 Å². The Bertz CT molecular complexity index is 687. The van der Waals surface area contributed by atoms with Crippen LogP contribution >= 0.6 is 11.8 Å². The molecule has 1 amide bonds. The van der Waals surface area contributed by atoms with Crippen molar-refractivity contribution < 1.29 is 9.53 Å². The minimum absolute atomic E-state index is 0.0312. The van der Waals surface area contributed by atoms with Crippen molar-refractivity contribution >= 4 is 17.7 Å². The third kappa shape index (κ3) is 3.93. The highest BCUT2D eigenvalue weighted by atomic mass is 32.2. The van der Waals surface area contributed by atoms with Crippen LogP contribution in [-0.2, 0) is 11.4 Å². The summed E-state index contributed by atoms with van der Waals surface area (Å²) in [6.45, 7) is 5.29. The van der Waals surface area contributed by atoms with Crippen LogP contribution in [0, 0.1) is 5.92 Å². The molecule has 24 heavy (non-hydrogen) atoms. The quantitative estimate of drug-likeness (QED) is 0.802. The van der Waals surface area contributed by atoms with Gasteiger partial charge in [-0.15, -0.1) is 11.8 Å². The molecular formula is C20H23NO2S. The van der Waals surface area contributed by atoms with Crippen LogP contribution < -0.4 is 4.74 Å². The van der Waals surface area contributed by atoms with Gasteiger partial charge in [0.25, 0.3) is 0 Å². The number of hydrogen-bond donors (Lipinski definition) is 0. The number of hydrogen-bond acceptors (Lipinski definition) is 3. The van der Waals surface area contributed by atoms with E-state index in [1.165, 1.54) is 0 Å². The molecule has 1 fully saturated rings. The first-order chi connectivity index (χ1) is 11.6. The first kappa shape index (κ1) is 16.9. The van der Waals surface area contributed by atoms with Crippen LogP contribution in [-0.4, -0.2) is 23.1 Å². The van der Waals surface area contributed by atoms with E-state index in [2.05, 4.69) is 24.3 Å². The molecule has 3 nitrogen and oxygen atoms in total. The van der Waals surface area contributed by atoms with Crippen molar-refractivity contribution in [3.63, 3.8) is 0 Å². The van der Waals surface area contributed by atoms with E-state index in [9.17, 15) is 4.79 Å². The lowest BCUT2D eigenvalue weighted by atomic mass is 10.1. The zero-order valence-electron chi connectivity index (χ0n) is 14.1. The van der Waals surface area contributed by atoms with Crippen LogP contribution in [0.15, 0.2) is 54.6 Å². The van der Waals surface area contributed by atoms with Gasteiger partial charge in [0.1, 0.15) is 17.7 Å². The predicted molar refractivity (Wildman–Crippen MR) is 99.0 cm³/mol.